The Morgan fingerprint density at radius 2 is 0.792 bits per heavy atom. The van der Waals surface area contributed by atoms with Gasteiger partial charge >= 0.3 is 156 Å². The summed E-state index contributed by atoms with van der Waals surface area (Å²) in [6.45, 7) is 4.88. The van der Waals surface area contributed by atoms with E-state index in [1.165, 1.54) is 56.4 Å². The van der Waals surface area contributed by atoms with Crippen LogP contribution in [-0.2, 0) is 60.7 Å². The van der Waals surface area contributed by atoms with Crippen LogP contribution in [-0.4, -0.2) is 162 Å². The minimum absolute atomic E-state index is 0. The molecule has 4 aromatic heterocycles. The molecule has 0 aliphatic carbocycles. The number of esters is 3. The number of carbonyl (C=O) groups excluding carboxylic acids is 4. The summed E-state index contributed by atoms with van der Waals surface area (Å²) in [5.74, 6) is 0.0821. The fourth-order valence-corrected chi connectivity index (χ4v) is 16.6. The number of nitrogens with one attached hydrogen (secondary N) is 1. The Labute approximate surface area is 975 Å². The van der Waals surface area contributed by atoms with Gasteiger partial charge in [0.1, 0.15) is 22.8 Å². The number of anilines is 5. The number of carbonyl (C=O) groups is 5. The van der Waals surface area contributed by atoms with Gasteiger partial charge in [-0.3, -0.25) is 4.79 Å². The number of hydrogen-bond donors (Lipinski definition) is 4. The van der Waals surface area contributed by atoms with Crippen molar-refractivity contribution in [2.24, 2.45) is 5.73 Å². The molecular formula is C109H98BBr3ClK2N13NaO14. The number of ether oxygens (including phenoxy) is 4. The molecule has 27 nitrogen and oxygen atoms in total. The summed E-state index contributed by atoms with van der Waals surface area (Å²) in [4.78, 5) is 101. The Bertz CT molecular complexity index is 7140. The van der Waals surface area contributed by atoms with E-state index in [4.69, 9.17) is 81.9 Å². The number of carboxylic acids is 1. The van der Waals surface area contributed by atoms with E-state index in [9.17, 15) is 24.3 Å². The molecule has 3 radical (unpaired) electrons. The summed E-state index contributed by atoms with van der Waals surface area (Å²) < 4.78 is 22.6. The number of benzene rings is 13. The Balaban J connectivity index is 0.000000266. The first-order valence-corrected chi connectivity index (χ1v) is 46.7. The molecule has 1 saturated heterocycles. The molecule has 0 atom stereocenters. The van der Waals surface area contributed by atoms with Gasteiger partial charge in [0.2, 0.25) is 0 Å². The van der Waals surface area contributed by atoms with E-state index in [0.29, 0.717) is 86.0 Å². The minimum Gasteiger partial charge on any atom is -1.00 e. The summed E-state index contributed by atoms with van der Waals surface area (Å²) in [6, 6.07) is 103. The van der Waals surface area contributed by atoms with Gasteiger partial charge < -0.3 is 67.1 Å². The number of rotatable bonds is 18. The number of methoxy groups -OCH3 is 3. The van der Waals surface area contributed by atoms with Crippen molar-refractivity contribution in [3.8, 4) is 51.1 Å². The van der Waals surface area contributed by atoms with Crippen molar-refractivity contribution in [2.45, 2.75) is 44.9 Å². The zero-order chi connectivity index (χ0) is 98.4. The summed E-state index contributed by atoms with van der Waals surface area (Å²) in [7, 11) is 5.08. The number of fused-ring (bicyclic) bond motifs is 6. The molecule has 6 N–H and O–H groups in total. The second-order valence-electron chi connectivity index (χ2n) is 30.5. The second kappa shape index (κ2) is 63.0. The Morgan fingerprint density at radius 1 is 0.465 bits per heavy atom. The number of aliphatic hydroxyl groups excluding tert-OH is 1. The molecule has 144 heavy (non-hydrogen) atoms. The number of nitriles is 1. The molecule has 20 rings (SSSR count). The molecule has 717 valence electrons. The third-order valence-electron chi connectivity index (χ3n) is 21.7. The molecule has 0 bridgehead atoms. The van der Waals surface area contributed by atoms with Gasteiger partial charge in [0.25, 0.3) is 6.47 Å². The van der Waals surface area contributed by atoms with Gasteiger partial charge in [-0.05, 0) is 176 Å². The molecule has 3 aliphatic heterocycles. The maximum absolute atomic E-state index is 12.0. The van der Waals surface area contributed by atoms with Crippen molar-refractivity contribution in [3.63, 3.8) is 0 Å². The van der Waals surface area contributed by atoms with E-state index in [1.54, 1.807) is 66.7 Å². The summed E-state index contributed by atoms with van der Waals surface area (Å²) in [5, 5.41) is 36.9. The van der Waals surface area contributed by atoms with Crippen LogP contribution >= 0.6 is 59.4 Å². The molecule has 0 spiro atoms. The average Bonchev–Trinajstić information content (AvgIpc) is 1.74. The molecule has 17 aromatic rings. The van der Waals surface area contributed by atoms with E-state index >= 15 is 0 Å². The zero-order valence-corrected chi connectivity index (χ0v) is 94.0. The number of halogens is 4. The normalized spacial score (nSPS) is 11.2. The molecule has 0 unspecified atom stereocenters. The van der Waals surface area contributed by atoms with Gasteiger partial charge in [-0.15, -0.1) is 0 Å². The van der Waals surface area contributed by atoms with E-state index < -0.39 is 17.9 Å². The topological polar surface area (TPSA) is 396 Å². The SMILES string of the molecule is C1CCOC1.CO.COC(=O)c1ccc2nc(-c3ccccc3)c(Cl)nc2c1.COC(=O)c1ccc2nc(-c3ccccc3)c(N3CCc4ccccc43)nc2c1.COC(=O)c1ccc2nc(-c3ccccc3)c(NCCc3ccccc3Br)nc2c1.N#CCc1ccccc1Br.NCCc1ccccc1Br.O=C(O)c1ccc2nc(-c3ccccc3)c(N3CCc4ccccc43)nc2c1.O=CO[O-].[B].[H-].[K+].[K+].[Na+].[OH-]. The predicted octanol–water partition coefficient (Wildman–Crippen LogP) is 12.6. The van der Waals surface area contributed by atoms with E-state index in [2.05, 4.69) is 131 Å². The molecule has 0 amide bonds. The Kier molecular flexibility index (Phi) is 52.6. The third kappa shape index (κ3) is 33.4. The van der Waals surface area contributed by atoms with E-state index in [1.807, 2.05) is 206 Å². The number of nitrogens with zero attached hydrogens (tertiary/aromatic N) is 11. The van der Waals surface area contributed by atoms with Gasteiger partial charge in [-0.2, -0.15) is 5.26 Å². The van der Waals surface area contributed by atoms with Gasteiger partial charge in [0.15, 0.2) is 22.6 Å². The largest absolute Gasteiger partial charge is 1.00 e. The van der Waals surface area contributed by atoms with Crippen LogP contribution < -0.4 is 158 Å². The molecule has 1 fully saturated rings. The van der Waals surface area contributed by atoms with Crippen molar-refractivity contribution >= 4 is 171 Å². The molecule has 7 heterocycles. The van der Waals surface area contributed by atoms with Gasteiger partial charge in [0.05, 0.1) is 100 Å². The maximum atomic E-state index is 12.0. The van der Waals surface area contributed by atoms with Gasteiger partial charge in [0, 0.05) is 95.4 Å². The van der Waals surface area contributed by atoms with Crippen LogP contribution in [0.4, 0.5) is 28.8 Å². The van der Waals surface area contributed by atoms with Crippen LogP contribution in [0.15, 0.2) is 329 Å². The number of carboxylic acid groups (broad SMARTS) is 1. The Morgan fingerprint density at radius 3 is 1.16 bits per heavy atom. The molecule has 13 aromatic carbocycles. The van der Waals surface area contributed by atoms with E-state index in [0.717, 1.165) is 151 Å². The number of aliphatic hydroxyl groups is 1. The number of aromatic nitrogens is 8. The van der Waals surface area contributed by atoms with Crippen LogP contribution in [0.3, 0.4) is 0 Å². The fourth-order valence-electron chi connectivity index (χ4n) is 14.9. The third-order valence-corrected chi connectivity index (χ3v) is 24.3. The van der Waals surface area contributed by atoms with Crippen LogP contribution in [0.25, 0.3) is 89.2 Å². The maximum Gasteiger partial charge on any atom is 1.00 e. The second-order valence-corrected chi connectivity index (χ2v) is 33.5. The Hall–Kier alpha value is -10.7. The van der Waals surface area contributed by atoms with Gasteiger partial charge in [-0.25, -0.2) is 59.0 Å². The van der Waals surface area contributed by atoms with Crippen molar-refractivity contribution in [2.75, 3.05) is 82.9 Å². The quantitative estimate of drug-likeness (QED) is 0.0155. The van der Waals surface area contributed by atoms with Crippen molar-refractivity contribution < 1.29 is 203 Å². The number of nitrogens with two attached hydrogens (primary N) is 1. The first-order chi connectivity index (χ1) is 67.9. The van der Waals surface area contributed by atoms with Crippen LogP contribution in [0.2, 0.25) is 5.15 Å². The van der Waals surface area contributed by atoms with Crippen molar-refractivity contribution in [3.05, 3.63) is 384 Å². The van der Waals surface area contributed by atoms with E-state index in [-0.39, 0.29) is 166 Å². The van der Waals surface area contributed by atoms with Gasteiger partial charge in [-0.1, -0.05) is 272 Å². The van der Waals surface area contributed by atoms with Crippen LogP contribution in [0.1, 0.15) is 83.5 Å². The standard InChI is InChI=1S/C24H20BrN3O2.C24H19N3O2.C23H17N3O2.C16H11ClN2O2.C8H10BrN.C8H6BrN.C4H8O.CH2O3.CH4O.B.2K.Na.H2O.H/c1-30-24(29)18-11-12-20-21(15-18)28-23(22(27-20)17-8-3-2-4-9-17)26-14-13-16-7-5-6-10-19(16)25;1-29-24(28)18-11-12-19-20(15-18)26-23(22(25-19)17-8-3-2-4-9-17)27-14-13-16-7-5-6-10-21(16)27;27-23(28)17-10-11-18-19(14-17)25-22(21(24-18)16-7-2-1-3-8-16)26-13-12-15-6-4-5-9-20(15)26;1-21-16(20)11-7-8-12-13(9-11)19-15(17)14(18-12)10-5-3-2-4-6-10;2*9-8-4-2-1-3-7(8)5-6-10;1-2-4-5-3-1;2-1-4-3;1-2;;;;;;/h2-12,15H,13-14H2,1H3,(H,26,28);2-12,15H,13-14H2,1H3;1-11,14H,12-13H2,(H,27,28);2-9H,1H3;1-4H,5-6,10H2;1-4H,5H2;1-4H2;1,3H;2H,1H3;;;;;1H2;/q;;;;;;;;;;3*+1;;-1/p-2. The molecular weight excluding hydrogens is 2100 g/mol. The first kappa shape index (κ1) is 120. The minimum atomic E-state index is -0.969. The van der Waals surface area contributed by atoms with Crippen molar-refractivity contribution in [1.82, 2.24) is 39.9 Å². The predicted molar refractivity (Wildman–Crippen MR) is 561 cm³/mol. The first-order valence-electron chi connectivity index (χ1n) is 44.0. The summed E-state index contributed by atoms with van der Waals surface area (Å²) >= 11 is 16.6. The molecule has 3 aliphatic rings. The monoisotopic (exact) mass is 2200 g/mol. The molecule has 35 heteroatoms. The summed E-state index contributed by atoms with van der Waals surface area (Å²) in [6.07, 6.45) is 6.71. The molecule has 0 saturated carbocycles. The zero-order valence-electron chi connectivity index (χ0n) is 81.2. The van der Waals surface area contributed by atoms with Crippen LogP contribution in [0.5, 0.6) is 0 Å². The van der Waals surface area contributed by atoms with Crippen molar-refractivity contribution in [1.29, 1.82) is 5.26 Å². The smallest absolute Gasteiger partial charge is 1.00 e. The fraction of sp³-hybridized carbons (Fsp3) is 0.156. The van der Waals surface area contributed by atoms with Crippen LogP contribution in [0, 0.1) is 11.3 Å². The average molecular weight is 2200 g/mol. The number of aromatic carboxylic acids is 1. The number of hydrogen-bond acceptors (Lipinski definition) is 26. The number of para-hydroxylation sites is 2. The summed E-state index contributed by atoms with van der Waals surface area (Å²) in [5.41, 5.74) is 27.5.